The lowest BCUT2D eigenvalue weighted by Crippen LogP contribution is -2.58. The van der Waals surface area contributed by atoms with Crippen LogP contribution in [0.4, 0.5) is 0 Å². The Morgan fingerprint density at radius 2 is 2.07 bits per heavy atom. The quantitative estimate of drug-likeness (QED) is 0.806. The summed E-state index contributed by atoms with van der Waals surface area (Å²) in [7, 11) is 2.24. The number of hydrogen-bond donors (Lipinski definition) is 1. The van der Waals surface area contributed by atoms with Gasteiger partial charge in [0.05, 0.1) is 0 Å². The van der Waals surface area contributed by atoms with Crippen molar-refractivity contribution < 1.29 is 0 Å². The molecule has 1 aliphatic heterocycles. The Hall–Kier alpha value is 0.270. The number of nitrogens with two attached hydrogens (primary N) is 1. The van der Waals surface area contributed by atoms with E-state index in [0.29, 0.717) is 11.5 Å². The van der Waals surface area contributed by atoms with E-state index in [1.54, 1.807) is 0 Å². The van der Waals surface area contributed by atoms with Crippen LogP contribution in [0.3, 0.4) is 0 Å². The molecule has 2 N–H and O–H groups in total. The maximum Gasteiger partial charge on any atom is 0.0429 e. The Morgan fingerprint density at radius 1 is 1.47 bits per heavy atom. The second kappa shape index (κ2) is 4.64. The zero-order valence-corrected chi connectivity index (χ0v) is 11.7. The molecule has 90 valence electrons. The van der Waals surface area contributed by atoms with Gasteiger partial charge in [0.1, 0.15) is 0 Å². The number of hydrogen-bond acceptors (Lipinski definition) is 3. The second-order valence-electron chi connectivity index (χ2n) is 5.88. The van der Waals surface area contributed by atoms with Crippen LogP contribution < -0.4 is 5.73 Å². The normalized spacial score (nSPS) is 29.8. The summed E-state index contributed by atoms with van der Waals surface area (Å²) in [4.78, 5) is 2.52. The Labute approximate surface area is 99.0 Å². The molecule has 1 saturated heterocycles. The van der Waals surface area contributed by atoms with E-state index in [-0.39, 0.29) is 5.54 Å². The first kappa shape index (κ1) is 13.3. The van der Waals surface area contributed by atoms with Crippen molar-refractivity contribution in [3.63, 3.8) is 0 Å². The topological polar surface area (TPSA) is 29.3 Å². The average Bonchev–Trinajstić information content (AvgIpc) is 2.63. The third kappa shape index (κ3) is 2.69. The first-order valence-corrected chi connectivity index (χ1v) is 7.00. The smallest absolute Gasteiger partial charge is 0.0429 e. The molecule has 2 atom stereocenters. The van der Waals surface area contributed by atoms with E-state index in [9.17, 15) is 0 Å². The minimum Gasteiger partial charge on any atom is -0.329 e. The summed E-state index contributed by atoms with van der Waals surface area (Å²) in [5.41, 5.74) is 6.57. The van der Waals surface area contributed by atoms with Gasteiger partial charge in [0, 0.05) is 23.9 Å². The highest BCUT2D eigenvalue weighted by Gasteiger charge is 2.41. The molecule has 1 aliphatic rings. The molecule has 1 heterocycles. The maximum atomic E-state index is 6.00. The lowest BCUT2D eigenvalue weighted by atomic mass is 9.83. The summed E-state index contributed by atoms with van der Waals surface area (Å²) in [5.74, 6) is 2.46. The molecule has 0 aromatic carbocycles. The molecule has 2 nitrogen and oxygen atoms in total. The minimum absolute atomic E-state index is 0.247. The Morgan fingerprint density at radius 3 is 2.40 bits per heavy atom. The van der Waals surface area contributed by atoms with Gasteiger partial charge in [0.15, 0.2) is 0 Å². The molecule has 1 fully saturated rings. The summed E-state index contributed by atoms with van der Waals surface area (Å²) in [5, 5.41) is 0. The summed E-state index contributed by atoms with van der Waals surface area (Å²) in [6, 6.07) is 0.569. The van der Waals surface area contributed by atoms with Crippen molar-refractivity contribution in [3.8, 4) is 0 Å². The van der Waals surface area contributed by atoms with Crippen molar-refractivity contribution in [2.75, 3.05) is 25.1 Å². The van der Waals surface area contributed by atoms with Crippen LogP contribution in [0.25, 0.3) is 0 Å². The van der Waals surface area contributed by atoms with Crippen LogP contribution in [0.1, 0.15) is 34.1 Å². The number of thioether (sulfide) groups is 1. The van der Waals surface area contributed by atoms with Gasteiger partial charge in [-0.3, -0.25) is 4.90 Å². The van der Waals surface area contributed by atoms with E-state index in [1.165, 1.54) is 17.9 Å². The summed E-state index contributed by atoms with van der Waals surface area (Å²) in [6.45, 7) is 10.0. The summed E-state index contributed by atoms with van der Waals surface area (Å²) < 4.78 is 0. The molecule has 0 bridgehead atoms. The van der Waals surface area contributed by atoms with Crippen LogP contribution in [-0.4, -0.2) is 41.6 Å². The molecule has 15 heavy (non-hydrogen) atoms. The average molecular weight is 230 g/mol. The van der Waals surface area contributed by atoms with Crippen molar-refractivity contribution in [3.05, 3.63) is 0 Å². The monoisotopic (exact) mass is 230 g/mol. The molecular weight excluding hydrogens is 204 g/mol. The third-order valence-electron chi connectivity index (χ3n) is 4.04. The predicted molar refractivity (Wildman–Crippen MR) is 70.4 cm³/mol. The zero-order valence-electron chi connectivity index (χ0n) is 10.8. The highest BCUT2D eigenvalue weighted by Crippen LogP contribution is 2.36. The maximum absolute atomic E-state index is 6.00. The largest absolute Gasteiger partial charge is 0.329 e. The molecule has 0 radical (unpaired) electrons. The Balaban J connectivity index is 2.77. The van der Waals surface area contributed by atoms with Crippen LogP contribution in [-0.2, 0) is 0 Å². The van der Waals surface area contributed by atoms with Crippen LogP contribution in [0.2, 0.25) is 0 Å². The lowest BCUT2D eigenvalue weighted by Gasteiger charge is -2.46. The summed E-state index contributed by atoms with van der Waals surface area (Å²) in [6.07, 6.45) is 1.24. The van der Waals surface area contributed by atoms with Crippen LogP contribution >= 0.6 is 11.8 Å². The molecule has 3 heteroatoms. The van der Waals surface area contributed by atoms with E-state index in [4.69, 9.17) is 5.73 Å². The highest BCUT2D eigenvalue weighted by atomic mass is 32.2. The fourth-order valence-corrected chi connectivity index (χ4v) is 3.69. The van der Waals surface area contributed by atoms with Gasteiger partial charge in [-0.2, -0.15) is 11.8 Å². The fourth-order valence-electron chi connectivity index (χ4n) is 2.17. The SMILES string of the molecule is CC(N(C)C1(CN)CCSC1)C(C)(C)C. The highest BCUT2D eigenvalue weighted by molar-refractivity contribution is 7.99. The van der Waals surface area contributed by atoms with E-state index in [1.807, 2.05) is 11.8 Å². The minimum atomic E-state index is 0.247. The molecule has 2 unspecified atom stereocenters. The first-order chi connectivity index (χ1) is 6.83. The molecule has 0 aromatic heterocycles. The van der Waals surface area contributed by atoms with Gasteiger partial charge >= 0.3 is 0 Å². The zero-order chi connectivity index (χ0) is 11.7. The molecule has 0 amide bonds. The number of nitrogens with zero attached hydrogens (tertiary/aromatic N) is 1. The van der Waals surface area contributed by atoms with E-state index in [0.717, 1.165) is 6.54 Å². The van der Waals surface area contributed by atoms with Crippen molar-refractivity contribution in [1.82, 2.24) is 4.90 Å². The van der Waals surface area contributed by atoms with Gasteiger partial charge in [0.25, 0.3) is 0 Å². The van der Waals surface area contributed by atoms with Crippen molar-refractivity contribution in [1.29, 1.82) is 0 Å². The molecule has 0 aliphatic carbocycles. The van der Waals surface area contributed by atoms with E-state index in [2.05, 4.69) is 39.6 Å². The third-order valence-corrected chi connectivity index (χ3v) is 5.28. The van der Waals surface area contributed by atoms with Crippen LogP contribution in [0.15, 0.2) is 0 Å². The van der Waals surface area contributed by atoms with Crippen LogP contribution in [0.5, 0.6) is 0 Å². The standard InChI is InChI=1S/C12H26N2S/c1-10(11(2,3)4)14(5)12(8-13)6-7-15-9-12/h10H,6-9,13H2,1-5H3. The van der Waals surface area contributed by atoms with Crippen molar-refractivity contribution >= 4 is 11.8 Å². The molecule has 0 spiro atoms. The first-order valence-electron chi connectivity index (χ1n) is 5.84. The summed E-state index contributed by atoms with van der Waals surface area (Å²) >= 11 is 2.04. The van der Waals surface area contributed by atoms with Gasteiger partial charge in [0.2, 0.25) is 0 Å². The van der Waals surface area contributed by atoms with Gasteiger partial charge in [-0.05, 0) is 31.6 Å². The van der Waals surface area contributed by atoms with Crippen LogP contribution in [0, 0.1) is 5.41 Å². The lowest BCUT2D eigenvalue weighted by molar-refractivity contribution is 0.0470. The molecular formula is C12H26N2S. The van der Waals surface area contributed by atoms with Gasteiger partial charge in [-0.1, -0.05) is 20.8 Å². The number of likely N-dealkylation sites (N-methyl/N-ethyl adjacent to an activating group) is 1. The number of rotatable bonds is 3. The van der Waals surface area contributed by atoms with Crippen molar-refractivity contribution in [2.45, 2.75) is 45.7 Å². The molecule has 0 aromatic rings. The molecule has 1 rings (SSSR count). The van der Waals surface area contributed by atoms with Gasteiger partial charge in [-0.15, -0.1) is 0 Å². The van der Waals surface area contributed by atoms with E-state index >= 15 is 0 Å². The molecule has 0 saturated carbocycles. The van der Waals surface area contributed by atoms with Crippen molar-refractivity contribution in [2.24, 2.45) is 11.1 Å². The van der Waals surface area contributed by atoms with Gasteiger partial charge in [-0.25, -0.2) is 0 Å². The Kier molecular flexibility index (Phi) is 4.13. The Bertz CT molecular complexity index is 204. The second-order valence-corrected chi connectivity index (χ2v) is 6.99. The predicted octanol–water partition coefficient (Wildman–Crippen LogP) is 2.19. The van der Waals surface area contributed by atoms with Gasteiger partial charge < -0.3 is 5.73 Å². The van der Waals surface area contributed by atoms with E-state index < -0.39 is 0 Å². The fraction of sp³-hybridized carbons (Fsp3) is 1.00.